The lowest BCUT2D eigenvalue weighted by Gasteiger charge is -2.03. The topological polar surface area (TPSA) is 36.7 Å². The van der Waals surface area contributed by atoms with Crippen LogP contribution in [0.25, 0.3) is 21.7 Å². The molecule has 1 radical (unpaired) electrons. The molecule has 0 aliphatic carbocycles. The second-order valence-electron chi connectivity index (χ2n) is 4.14. The third kappa shape index (κ3) is 2.57. The third-order valence-electron chi connectivity index (χ3n) is 2.83. The van der Waals surface area contributed by atoms with Crippen LogP contribution in [0.4, 0.5) is 0 Å². The molecule has 95 valence electrons. The van der Waals surface area contributed by atoms with E-state index < -0.39 is 0 Å². The van der Waals surface area contributed by atoms with Gasteiger partial charge in [0.1, 0.15) is 9.34 Å². The Morgan fingerprint density at radius 3 is 2.50 bits per heavy atom. The van der Waals surface area contributed by atoms with Crippen LogP contribution in [0.1, 0.15) is 5.56 Å². The van der Waals surface area contributed by atoms with E-state index in [0.717, 1.165) is 21.7 Å². The van der Waals surface area contributed by atoms with Gasteiger partial charge in [0, 0.05) is 11.6 Å². The van der Waals surface area contributed by atoms with E-state index in [2.05, 4.69) is 17.1 Å². The fourth-order valence-electron chi connectivity index (χ4n) is 1.87. The van der Waals surface area contributed by atoms with Gasteiger partial charge in [-0.25, -0.2) is 4.98 Å². The molecule has 0 atom stereocenters. The van der Waals surface area contributed by atoms with E-state index in [1.807, 2.05) is 30.3 Å². The van der Waals surface area contributed by atoms with Crippen molar-refractivity contribution < 1.29 is 0 Å². The lowest BCUT2D eigenvalue weighted by atomic mass is 10.0. The van der Waals surface area contributed by atoms with Crippen LogP contribution in [0.15, 0.2) is 48.7 Å². The number of nitriles is 1. The first-order chi connectivity index (χ1) is 9.76. The minimum Gasteiger partial charge on any atom is -0.243 e. The van der Waals surface area contributed by atoms with Crippen molar-refractivity contribution in [2.45, 2.75) is 0 Å². The van der Waals surface area contributed by atoms with Gasteiger partial charge in [0.05, 0.1) is 17.8 Å². The second-order valence-corrected chi connectivity index (χ2v) is 5.80. The van der Waals surface area contributed by atoms with Crippen molar-refractivity contribution in [1.82, 2.24) is 4.98 Å². The largest absolute Gasteiger partial charge is 0.243 e. The second kappa shape index (κ2) is 5.46. The fourth-order valence-corrected chi connectivity index (χ4v) is 2.76. The Kier molecular flexibility index (Phi) is 3.51. The van der Waals surface area contributed by atoms with Crippen LogP contribution in [0.2, 0.25) is 4.34 Å². The number of aromatic nitrogens is 1. The van der Waals surface area contributed by atoms with Crippen molar-refractivity contribution in [3.63, 3.8) is 0 Å². The highest BCUT2D eigenvalue weighted by atomic mass is 35.5. The SMILES string of the molecule is N#Cc1ccc(-c2[c]c(-c3ncc(Cl)s3)ccc2)cc1. The van der Waals surface area contributed by atoms with Gasteiger partial charge in [-0.05, 0) is 23.3 Å². The monoisotopic (exact) mass is 295 g/mol. The highest BCUT2D eigenvalue weighted by molar-refractivity contribution is 7.18. The van der Waals surface area contributed by atoms with Crippen LogP contribution in [-0.2, 0) is 0 Å². The van der Waals surface area contributed by atoms with Crippen LogP contribution in [0, 0.1) is 17.4 Å². The van der Waals surface area contributed by atoms with Crippen molar-refractivity contribution >= 4 is 22.9 Å². The van der Waals surface area contributed by atoms with Crippen molar-refractivity contribution in [3.05, 3.63) is 64.6 Å². The predicted molar refractivity (Wildman–Crippen MR) is 81.5 cm³/mol. The molecule has 0 N–H and O–H groups in total. The van der Waals surface area contributed by atoms with Crippen LogP contribution >= 0.6 is 22.9 Å². The molecule has 0 spiro atoms. The Morgan fingerprint density at radius 2 is 1.85 bits per heavy atom. The number of hydrogen-bond donors (Lipinski definition) is 0. The zero-order valence-corrected chi connectivity index (χ0v) is 11.9. The first-order valence-corrected chi connectivity index (χ1v) is 7.10. The smallest absolute Gasteiger partial charge is 0.125 e. The Hall–Kier alpha value is -2.15. The number of halogens is 1. The van der Waals surface area contributed by atoms with E-state index >= 15 is 0 Å². The predicted octanol–water partition coefficient (Wildman–Crippen LogP) is 4.80. The molecule has 1 heterocycles. The van der Waals surface area contributed by atoms with Gasteiger partial charge in [-0.3, -0.25) is 0 Å². The van der Waals surface area contributed by atoms with Gasteiger partial charge in [0.2, 0.25) is 0 Å². The molecule has 0 fully saturated rings. The van der Waals surface area contributed by atoms with E-state index in [1.165, 1.54) is 11.3 Å². The molecule has 20 heavy (non-hydrogen) atoms. The average molecular weight is 296 g/mol. The lowest BCUT2D eigenvalue weighted by Crippen LogP contribution is -1.82. The molecule has 0 bridgehead atoms. The van der Waals surface area contributed by atoms with Crippen LogP contribution in [0.5, 0.6) is 0 Å². The minimum absolute atomic E-state index is 0.650. The standard InChI is InChI=1S/C16H8ClN2S/c17-15-10-19-16(20-15)14-3-1-2-13(8-14)12-6-4-11(9-18)5-7-12/h1-7,10H. The minimum atomic E-state index is 0.650. The summed E-state index contributed by atoms with van der Waals surface area (Å²) in [5.74, 6) is 0. The Bertz CT molecular complexity index is 785. The van der Waals surface area contributed by atoms with Gasteiger partial charge in [-0.15, -0.1) is 11.3 Å². The molecule has 0 amide bonds. The molecule has 1 aromatic heterocycles. The number of thiazole rings is 1. The Labute approximate surface area is 125 Å². The molecule has 2 nitrogen and oxygen atoms in total. The van der Waals surface area contributed by atoms with E-state index in [4.69, 9.17) is 16.9 Å². The van der Waals surface area contributed by atoms with E-state index in [0.29, 0.717) is 9.90 Å². The molecule has 0 unspecified atom stereocenters. The van der Waals surface area contributed by atoms with Crippen molar-refractivity contribution in [2.24, 2.45) is 0 Å². The molecule has 0 saturated carbocycles. The summed E-state index contributed by atoms with van der Waals surface area (Å²) < 4.78 is 0.664. The lowest BCUT2D eigenvalue weighted by molar-refractivity contribution is 1.41. The van der Waals surface area contributed by atoms with Crippen LogP contribution < -0.4 is 0 Å². The third-order valence-corrected chi connectivity index (χ3v) is 3.98. The van der Waals surface area contributed by atoms with Crippen molar-refractivity contribution in [3.8, 4) is 27.8 Å². The molecule has 0 aliphatic heterocycles. The van der Waals surface area contributed by atoms with Gasteiger partial charge in [0.25, 0.3) is 0 Å². The number of nitrogens with zero attached hydrogens (tertiary/aromatic N) is 2. The van der Waals surface area contributed by atoms with Gasteiger partial charge in [0.15, 0.2) is 0 Å². The van der Waals surface area contributed by atoms with E-state index in [-0.39, 0.29) is 0 Å². The van der Waals surface area contributed by atoms with Crippen LogP contribution in [-0.4, -0.2) is 4.98 Å². The highest BCUT2D eigenvalue weighted by Gasteiger charge is 2.06. The summed E-state index contributed by atoms with van der Waals surface area (Å²) in [6.07, 6.45) is 1.64. The Morgan fingerprint density at radius 1 is 1.10 bits per heavy atom. The average Bonchev–Trinajstić information content (AvgIpc) is 2.94. The fraction of sp³-hybridized carbons (Fsp3) is 0. The molecule has 3 aromatic rings. The molecule has 2 aromatic carbocycles. The van der Waals surface area contributed by atoms with Gasteiger partial charge >= 0.3 is 0 Å². The summed E-state index contributed by atoms with van der Waals surface area (Å²) in [7, 11) is 0. The van der Waals surface area contributed by atoms with Gasteiger partial charge in [-0.1, -0.05) is 41.9 Å². The quantitative estimate of drug-likeness (QED) is 0.681. The summed E-state index contributed by atoms with van der Waals surface area (Å²) in [6, 6.07) is 18.8. The van der Waals surface area contributed by atoms with Crippen LogP contribution in [0.3, 0.4) is 0 Å². The zero-order chi connectivity index (χ0) is 13.9. The van der Waals surface area contributed by atoms with E-state index in [1.54, 1.807) is 18.3 Å². The van der Waals surface area contributed by atoms with Gasteiger partial charge in [-0.2, -0.15) is 5.26 Å². The molecule has 0 aliphatic rings. The van der Waals surface area contributed by atoms with Gasteiger partial charge < -0.3 is 0 Å². The number of rotatable bonds is 2. The highest BCUT2D eigenvalue weighted by Crippen LogP contribution is 2.30. The zero-order valence-electron chi connectivity index (χ0n) is 10.3. The molecule has 0 saturated heterocycles. The summed E-state index contributed by atoms with van der Waals surface area (Å²) in [6.45, 7) is 0. The summed E-state index contributed by atoms with van der Waals surface area (Å²) in [5, 5.41) is 9.67. The molecule has 3 rings (SSSR count). The summed E-state index contributed by atoms with van der Waals surface area (Å²) >= 11 is 7.34. The number of benzene rings is 2. The maximum absolute atomic E-state index is 8.82. The molecular formula is C16H8ClN2S. The Balaban J connectivity index is 2.00. The van der Waals surface area contributed by atoms with Crippen molar-refractivity contribution in [1.29, 1.82) is 5.26 Å². The van der Waals surface area contributed by atoms with Crippen molar-refractivity contribution in [2.75, 3.05) is 0 Å². The molecular weight excluding hydrogens is 288 g/mol. The van der Waals surface area contributed by atoms with E-state index in [9.17, 15) is 0 Å². The number of hydrogen-bond acceptors (Lipinski definition) is 3. The summed E-state index contributed by atoms with van der Waals surface area (Å²) in [4.78, 5) is 4.26. The normalized spacial score (nSPS) is 10.2. The summed E-state index contributed by atoms with van der Waals surface area (Å²) in [5.41, 5.74) is 3.56. The molecule has 4 heteroatoms. The first-order valence-electron chi connectivity index (χ1n) is 5.91. The first kappa shape index (κ1) is 12.9. The maximum Gasteiger partial charge on any atom is 0.125 e. The maximum atomic E-state index is 8.82.